The van der Waals surface area contributed by atoms with Crippen molar-refractivity contribution in [3.05, 3.63) is 168 Å². The lowest BCUT2D eigenvalue weighted by Gasteiger charge is -2.10. The number of hydrogen-bond acceptors (Lipinski definition) is 1. The Bertz CT molecular complexity index is 1210. The minimum absolute atomic E-state index is 1.12. The third-order valence-electron chi connectivity index (χ3n) is 5.49. The second-order valence-electron chi connectivity index (χ2n) is 8.00. The molecule has 0 aliphatic rings. The fourth-order valence-electron chi connectivity index (χ4n) is 3.68. The van der Waals surface area contributed by atoms with Crippen molar-refractivity contribution in [2.24, 2.45) is 0 Å². The van der Waals surface area contributed by atoms with Crippen molar-refractivity contribution in [3.63, 3.8) is 0 Å². The topological polar surface area (TPSA) is 12.0 Å². The number of anilines is 2. The fraction of sp³-hybridized carbons (Fsp3) is 0.0303. The van der Waals surface area contributed by atoms with Gasteiger partial charge in [0.1, 0.15) is 0 Å². The molecule has 0 aliphatic carbocycles. The first kappa shape index (κ1) is 22.8. The summed E-state index contributed by atoms with van der Waals surface area (Å²) in [5, 5.41) is 3.30. The molecule has 5 aromatic carbocycles. The van der Waals surface area contributed by atoms with Crippen molar-refractivity contribution in [1.29, 1.82) is 0 Å². The zero-order valence-electron chi connectivity index (χ0n) is 19.4. The van der Waals surface area contributed by atoms with Gasteiger partial charge in [0.25, 0.3) is 0 Å². The van der Waals surface area contributed by atoms with Gasteiger partial charge in [-0.15, -0.1) is 0 Å². The summed E-state index contributed by atoms with van der Waals surface area (Å²) in [6, 6.07) is 49.9. The number of nitrogens with one attached hydrogen (secondary N) is 1. The van der Waals surface area contributed by atoms with E-state index in [1.807, 2.05) is 60.7 Å². The average Bonchev–Trinajstić information content (AvgIpc) is 2.91. The number of para-hydroxylation sites is 2. The van der Waals surface area contributed by atoms with Crippen molar-refractivity contribution >= 4 is 23.0 Å². The Kier molecular flexibility index (Phi) is 8.08. The van der Waals surface area contributed by atoms with E-state index in [4.69, 9.17) is 0 Å². The molecule has 0 atom stereocenters. The van der Waals surface area contributed by atoms with Crippen LogP contribution in [-0.2, 0) is 0 Å². The number of hydrogen-bond donors (Lipinski definition) is 1. The van der Waals surface area contributed by atoms with Gasteiger partial charge in [-0.1, -0.05) is 121 Å². The van der Waals surface area contributed by atoms with E-state index < -0.39 is 0 Å². The summed E-state index contributed by atoms with van der Waals surface area (Å²) in [4.78, 5) is 0. The van der Waals surface area contributed by atoms with E-state index in [9.17, 15) is 0 Å². The van der Waals surface area contributed by atoms with E-state index in [0.29, 0.717) is 0 Å². The van der Waals surface area contributed by atoms with Gasteiger partial charge in [0.15, 0.2) is 0 Å². The molecule has 1 N–H and O–H groups in total. The van der Waals surface area contributed by atoms with Gasteiger partial charge in [0.05, 0.1) is 0 Å². The molecule has 1 heteroatoms. The summed E-state index contributed by atoms with van der Waals surface area (Å²) in [5.74, 6) is 0. The minimum atomic E-state index is 1.12. The predicted molar refractivity (Wildman–Crippen MR) is 147 cm³/mol. The van der Waals surface area contributed by atoms with Crippen molar-refractivity contribution in [2.75, 3.05) is 5.32 Å². The largest absolute Gasteiger partial charge is 0.356 e. The summed E-state index contributed by atoms with van der Waals surface area (Å²) in [6.45, 7) is 2.15. The highest BCUT2D eigenvalue weighted by atomic mass is 14.9. The minimum Gasteiger partial charge on any atom is -0.356 e. The van der Waals surface area contributed by atoms with Crippen LogP contribution in [0.4, 0.5) is 11.4 Å². The first-order valence-corrected chi connectivity index (χ1v) is 11.5. The van der Waals surface area contributed by atoms with E-state index in [1.54, 1.807) is 0 Å². The molecule has 166 valence electrons. The van der Waals surface area contributed by atoms with Crippen molar-refractivity contribution in [2.45, 2.75) is 6.92 Å². The molecule has 0 amide bonds. The summed E-state index contributed by atoms with van der Waals surface area (Å²) < 4.78 is 0. The van der Waals surface area contributed by atoms with Crippen LogP contribution in [0, 0.1) is 6.92 Å². The molecule has 0 aromatic heterocycles. The van der Waals surface area contributed by atoms with Gasteiger partial charge in [0, 0.05) is 11.4 Å². The second kappa shape index (κ2) is 12.0. The van der Waals surface area contributed by atoms with Crippen LogP contribution >= 0.6 is 0 Å². The Hall–Kier alpha value is -4.36. The van der Waals surface area contributed by atoms with Gasteiger partial charge in [-0.3, -0.25) is 0 Å². The van der Waals surface area contributed by atoms with Crippen molar-refractivity contribution < 1.29 is 0 Å². The maximum Gasteiger partial charge on any atom is 0.0384 e. The summed E-state index contributed by atoms with van der Waals surface area (Å²) in [5.41, 5.74) is 8.54. The zero-order chi connectivity index (χ0) is 23.4. The Balaban J connectivity index is 0.000000180. The van der Waals surface area contributed by atoms with Gasteiger partial charge in [-0.25, -0.2) is 0 Å². The normalized spacial score (nSPS) is 9.91. The number of rotatable bonds is 5. The van der Waals surface area contributed by atoms with Crippen LogP contribution in [0.5, 0.6) is 0 Å². The summed E-state index contributed by atoms with van der Waals surface area (Å²) >= 11 is 0. The predicted octanol–water partition coefficient (Wildman–Crippen LogP) is 9.01. The van der Waals surface area contributed by atoms with Gasteiger partial charge in [-0.2, -0.15) is 0 Å². The molecule has 0 radical (unpaired) electrons. The summed E-state index contributed by atoms with van der Waals surface area (Å²) in [6.07, 6.45) is 2.28. The molecule has 1 nitrogen and oxygen atoms in total. The number of aryl methyl sites for hydroxylation is 1. The van der Waals surface area contributed by atoms with Crippen molar-refractivity contribution in [3.8, 4) is 0 Å². The Morgan fingerprint density at radius 2 is 0.853 bits per heavy atom. The Labute approximate surface area is 203 Å². The lowest BCUT2D eigenvalue weighted by molar-refractivity contribution is 1.44. The molecular weight excluding hydrogens is 410 g/mol. The third kappa shape index (κ3) is 6.57. The van der Waals surface area contributed by atoms with E-state index in [0.717, 1.165) is 11.4 Å². The monoisotopic (exact) mass is 439 g/mol. The zero-order valence-corrected chi connectivity index (χ0v) is 19.4. The summed E-state index contributed by atoms with van der Waals surface area (Å²) in [7, 11) is 0. The first-order chi connectivity index (χ1) is 16.8. The fourth-order valence-corrected chi connectivity index (χ4v) is 3.68. The Morgan fingerprint density at radius 1 is 0.471 bits per heavy atom. The lowest BCUT2D eigenvalue weighted by Crippen LogP contribution is -1.89. The van der Waals surface area contributed by atoms with Crippen molar-refractivity contribution in [1.82, 2.24) is 0 Å². The van der Waals surface area contributed by atoms with Crippen LogP contribution in [0.2, 0.25) is 0 Å². The SMILES string of the molecule is Cc1ccccc1C=C(c1ccccc1)c1ccccc1.c1ccc(Nc2ccccc2)cc1. The quantitative estimate of drug-likeness (QED) is 0.269. The maximum atomic E-state index is 3.30. The van der Waals surface area contributed by atoms with Gasteiger partial charge < -0.3 is 5.32 Å². The van der Waals surface area contributed by atoms with E-state index in [1.165, 1.54) is 27.8 Å². The molecule has 0 fully saturated rings. The molecule has 5 rings (SSSR count). The molecule has 0 saturated heterocycles. The standard InChI is InChI=1S/C21H18.C12H11N/c1-17-10-8-9-15-20(17)16-21(18-11-4-2-5-12-18)19-13-6-3-7-14-19;1-3-7-11(8-4-1)13-12-9-5-2-6-10-12/h2-16H,1H3;1-10,13H. The molecule has 34 heavy (non-hydrogen) atoms. The molecule has 0 aliphatic heterocycles. The van der Waals surface area contributed by atoms with Crippen LogP contribution in [-0.4, -0.2) is 0 Å². The molecule has 0 heterocycles. The number of benzene rings is 5. The molecule has 0 bridgehead atoms. The van der Waals surface area contributed by atoms with Crippen LogP contribution in [0.1, 0.15) is 22.3 Å². The lowest BCUT2D eigenvalue weighted by atomic mass is 9.94. The maximum absolute atomic E-state index is 3.30. The average molecular weight is 440 g/mol. The first-order valence-electron chi connectivity index (χ1n) is 11.5. The van der Waals surface area contributed by atoms with Gasteiger partial charge in [0.2, 0.25) is 0 Å². The van der Waals surface area contributed by atoms with Gasteiger partial charge >= 0.3 is 0 Å². The van der Waals surface area contributed by atoms with E-state index in [2.05, 4.69) is 103 Å². The van der Waals surface area contributed by atoms with Gasteiger partial charge in [-0.05, 0) is 65.1 Å². The molecular formula is C33H29N. The highest BCUT2D eigenvalue weighted by Gasteiger charge is 2.05. The van der Waals surface area contributed by atoms with Crippen LogP contribution < -0.4 is 5.32 Å². The van der Waals surface area contributed by atoms with E-state index >= 15 is 0 Å². The van der Waals surface area contributed by atoms with Crippen LogP contribution in [0.3, 0.4) is 0 Å². The Morgan fingerprint density at radius 3 is 1.29 bits per heavy atom. The highest BCUT2D eigenvalue weighted by Crippen LogP contribution is 2.26. The second-order valence-corrected chi connectivity index (χ2v) is 8.00. The molecule has 0 unspecified atom stereocenters. The third-order valence-corrected chi connectivity index (χ3v) is 5.49. The smallest absolute Gasteiger partial charge is 0.0384 e. The molecule has 5 aromatic rings. The highest BCUT2D eigenvalue weighted by molar-refractivity contribution is 5.91. The molecule has 0 saturated carbocycles. The van der Waals surface area contributed by atoms with Crippen LogP contribution in [0.15, 0.2) is 146 Å². The van der Waals surface area contributed by atoms with E-state index in [-0.39, 0.29) is 0 Å². The van der Waals surface area contributed by atoms with Crippen LogP contribution in [0.25, 0.3) is 11.6 Å². The molecule has 0 spiro atoms.